The third-order valence-corrected chi connectivity index (χ3v) is 7.86. The van der Waals surface area contributed by atoms with Crippen LogP contribution in [0.25, 0.3) is 11.1 Å². The van der Waals surface area contributed by atoms with Crippen molar-refractivity contribution in [2.24, 2.45) is 5.14 Å². The Kier molecular flexibility index (Phi) is 11.8. The first-order valence-electron chi connectivity index (χ1n) is 14.5. The van der Waals surface area contributed by atoms with Gasteiger partial charge in [0, 0.05) is 17.7 Å². The predicted octanol–water partition coefficient (Wildman–Crippen LogP) is 6.14. The molecule has 0 spiro atoms. The van der Waals surface area contributed by atoms with Crippen molar-refractivity contribution >= 4 is 28.0 Å². The summed E-state index contributed by atoms with van der Waals surface area (Å²) >= 11 is 0. The number of carbonyl (C=O) groups excluding carboxylic acids is 2. The topological polar surface area (TPSA) is 161 Å². The van der Waals surface area contributed by atoms with E-state index in [0.29, 0.717) is 29.0 Å². The van der Waals surface area contributed by atoms with Crippen molar-refractivity contribution in [1.29, 1.82) is 5.41 Å². The molecule has 4 aromatic carbocycles. The number of nitrogens with two attached hydrogens (primary N) is 1. The zero-order chi connectivity index (χ0) is 32.1. The number of hydrogen-bond acceptors (Lipinski definition) is 7. The molecule has 0 heterocycles. The van der Waals surface area contributed by atoms with Crippen molar-refractivity contribution in [2.45, 2.75) is 43.6 Å². The zero-order valence-electron chi connectivity index (χ0n) is 24.7. The number of primary sulfonamides is 1. The minimum atomic E-state index is -3.88. The third kappa shape index (κ3) is 10.6. The summed E-state index contributed by atoms with van der Waals surface area (Å²) in [6.45, 7) is 0.602. The summed E-state index contributed by atoms with van der Waals surface area (Å²) in [6, 6.07) is 29.8. The van der Waals surface area contributed by atoms with Crippen LogP contribution in [0, 0.1) is 5.41 Å². The minimum absolute atomic E-state index is 0.0174. The lowest BCUT2D eigenvalue weighted by Gasteiger charge is -2.10. The van der Waals surface area contributed by atoms with Gasteiger partial charge in [-0.3, -0.25) is 10.7 Å². The lowest BCUT2D eigenvalue weighted by Crippen LogP contribution is -2.31. The van der Waals surface area contributed by atoms with Crippen LogP contribution in [0.4, 0.5) is 9.59 Å². The number of nitrogens with one attached hydrogen (secondary N) is 3. The highest BCUT2D eigenvalue weighted by Crippen LogP contribution is 2.28. The van der Waals surface area contributed by atoms with Gasteiger partial charge in [-0.05, 0) is 60.2 Å². The molecule has 11 heteroatoms. The van der Waals surface area contributed by atoms with Crippen LogP contribution in [0.1, 0.15) is 42.4 Å². The Bertz CT molecular complexity index is 1710. The maximum atomic E-state index is 12.2. The third-order valence-electron chi connectivity index (χ3n) is 6.89. The molecule has 5 N–H and O–H groups in total. The van der Waals surface area contributed by atoms with Gasteiger partial charge in [-0.1, -0.05) is 91.7 Å². The molecule has 10 nitrogen and oxygen atoms in total. The van der Waals surface area contributed by atoms with E-state index < -0.39 is 22.2 Å². The Hall–Kier alpha value is -5.00. The van der Waals surface area contributed by atoms with Crippen LogP contribution < -0.4 is 20.5 Å². The number of ether oxygens (including phenoxy) is 2. The predicted molar refractivity (Wildman–Crippen MR) is 172 cm³/mol. The summed E-state index contributed by atoms with van der Waals surface area (Å²) in [5.74, 6) is 0.315. The van der Waals surface area contributed by atoms with E-state index in [1.54, 1.807) is 48.5 Å². The van der Waals surface area contributed by atoms with Gasteiger partial charge in [-0.15, -0.1) is 0 Å². The van der Waals surface area contributed by atoms with Crippen molar-refractivity contribution in [3.05, 3.63) is 120 Å². The number of amidine groups is 1. The molecule has 0 saturated carbocycles. The summed E-state index contributed by atoms with van der Waals surface area (Å²) in [5.41, 5.74) is 3.64. The summed E-state index contributed by atoms with van der Waals surface area (Å²) in [5, 5.41) is 18.8. The average molecular weight is 629 g/mol. The largest absolute Gasteiger partial charge is 0.444 e. The fraction of sp³-hybridized carbons (Fsp3) is 0.206. The van der Waals surface area contributed by atoms with E-state index in [1.165, 1.54) is 6.07 Å². The van der Waals surface area contributed by atoms with Crippen LogP contribution in [-0.4, -0.2) is 33.0 Å². The highest BCUT2D eigenvalue weighted by molar-refractivity contribution is 7.89. The highest BCUT2D eigenvalue weighted by Gasteiger charge is 2.15. The molecule has 0 aromatic heterocycles. The molecule has 234 valence electrons. The molecule has 0 aliphatic carbocycles. The van der Waals surface area contributed by atoms with E-state index in [0.717, 1.165) is 43.2 Å². The fourth-order valence-electron chi connectivity index (χ4n) is 4.61. The van der Waals surface area contributed by atoms with Crippen LogP contribution in [-0.2, 0) is 27.8 Å². The molecule has 0 bridgehead atoms. The molecule has 0 saturated heterocycles. The highest BCUT2D eigenvalue weighted by atomic mass is 32.2. The average Bonchev–Trinajstić information content (AvgIpc) is 3.04. The summed E-state index contributed by atoms with van der Waals surface area (Å²) in [4.78, 5) is 24.3. The summed E-state index contributed by atoms with van der Waals surface area (Å²) in [7, 11) is -3.88. The molecule has 4 rings (SSSR count). The molecular weight excluding hydrogens is 592 g/mol. The van der Waals surface area contributed by atoms with Crippen molar-refractivity contribution in [3.8, 4) is 16.9 Å². The van der Waals surface area contributed by atoms with E-state index in [9.17, 15) is 18.0 Å². The van der Waals surface area contributed by atoms with E-state index in [4.69, 9.17) is 20.0 Å². The van der Waals surface area contributed by atoms with Crippen molar-refractivity contribution in [3.63, 3.8) is 0 Å². The molecule has 45 heavy (non-hydrogen) atoms. The van der Waals surface area contributed by atoms with E-state index in [2.05, 4.69) is 10.6 Å². The van der Waals surface area contributed by atoms with Gasteiger partial charge in [-0.25, -0.2) is 23.1 Å². The molecule has 0 fully saturated rings. The molecule has 0 atom stereocenters. The minimum Gasteiger partial charge on any atom is -0.444 e. The van der Waals surface area contributed by atoms with Crippen LogP contribution in [0.2, 0.25) is 0 Å². The van der Waals surface area contributed by atoms with Crippen LogP contribution >= 0.6 is 0 Å². The first-order valence-corrected chi connectivity index (χ1v) is 16.1. The first-order chi connectivity index (χ1) is 21.7. The molecule has 0 aliphatic heterocycles. The van der Waals surface area contributed by atoms with Crippen LogP contribution in [0.3, 0.4) is 0 Å². The van der Waals surface area contributed by atoms with Crippen LogP contribution in [0.5, 0.6) is 5.75 Å². The number of rotatable bonds is 13. The molecule has 0 aliphatic rings. The van der Waals surface area contributed by atoms with Crippen molar-refractivity contribution in [1.82, 2.24) is 10.6 Å². The van der Waals surface area contributed by atoms with Crippen molar-refractivity contribution < 1.29 is 27.5 Å². The lowest BCUT2D eigenvalue weighted by molar-refractivity contribution is 0.145. The molecule has 2 amide bonds. The number of sulfonamides is 1. The van der Waals surface area contributed by atoms with Gasteiger partial charge in [0.05, 0.1) is 4.90 Å². The number of carbonyl (C=O) groups is 2. The number of benzene rings is 4. The number of alkyl carbamates (subject to hydrolysis) is 1. The Morgan fingerprint density at radius 2 is 1.44 bits per heavy atom. The normalized spacial score (nSPS) is 11.0. The number of amides is 2. The Labute approximate surface area is 263 Å². The van der Waals surface area contributed by atoms with Gasteiger partial charge < -0.3 is 14.8 Å². The summed E-state index contributed by atoms with van der Waals surface area (Å²) in [6.07, 6.45) is 3.20. The number of hydrogen-bond donors (Lipinski definition) is 4. The first kappa shape index (κ1) is 32.9. The molecular formula is C34H36N4O6S. The maximum absolute atomic E-state index is 12.2. The SMILES string of the molecule is N=C(NC(=O)OCc1ccccc1)c1cccc(CCCCCCNC(=O)Oc2ccc(-c3ccccc3S(N)(=O)=O)cc2)c1. The monoisotopic (exact) mass is 628 g/mol. The smallest absolute Gasteiger partial charge is 0.413 e. The Balaban J connectivity index is 1.11. The second kappa shape index (κ2) is 16.2. The van der Waals surface area contributed by atoms with E-state index >= 15 is 0 Å². The Morgan fingerprint density at radius 1 is 0.756 bits per heavy atom. The quantitative estimate of drug-likeness (QED) is 0.0790. The number of aryl methyl sites for hydroxylation is 1. The second-order valence-electron chi connectivity index (χ2n) is 10.3. The second-order valence-corrected chi connectivity index (χ2v) is 11.8. The summed E-state index contributed by atoms with van der Waals surface area (Å²) < 4.78 is 34.3. The van der Waals surface area contributed by atoms with Gasteiger partial charge >= 0.3 is 12.2 Å². The molecule has 0 radical (unpaired) electrons. The maximum Gasteiger partial charge on any atom is 0.413 e. The van der Waals surface area contributed by atoms with E-state index in [1.807, 2.05) is 48.5 Å². The molecule has 0 unspecified atom stereocenters. The molecule has 4 aromatic rings. The fourth-order valence-corrected chi connectivity index (χ4v) is 5.37. The van der Waals surface area contributed by atoms with Crippen LogP contribution in [0.15, 0.2) is 108 Å². The number of unbranched alkanes of at least 4 members (excludes halogenated alkanes) is 3. The lowest BCUT2D eigenvalue weighted by atomic mass is 10.0. The van der Waals surface area contributed by atoms with E-state index in [-0.39, 0.29) is 17.3 Å². The Morgan fingerprint density at radius 3 is 2.20 bits per heavy atom. The van der Waals surface area contributed by atoms with Gasteiger partial charge in [0.1, 0.15) is 18.2 Å². The zero-order valence-corrected chi connectivity index (χ0v) is 25.5. The standard InChI is InChI=1S/C34H36N4O6S/c35-32(38-34(40)43-24-26-12-5-3-6-13-26)28-15-10-14-25(23-28)11-4-1-2-9-22-37-33(39)44-29-20-18-27(19-21-29)30-16-7-8-17-31(30)45(36,41)42/h3,5-8,10,12-21,23H,1-2,4,9,11,22,24H2,(H,37,39)(H2,35,38,40)(H2,36,41,42). The van der Waals surface area contributed by atoms with Gasteiger partial charge in [0.15, 0.2) is 0 Å². The van der Waals surface area contributed by atoms with Gasteiger partial charge in [-0.2, -0.15) is 0 Å². The van der Waals surface area contributed by atoms with Gasteiger partial charge in [0.2, 0.25) is 10.0 Å². The van der Waals surface area contributed by atoms with Gasteiger partial charge in [0.25, 0.3) is 0 Å². The van der Waals surface area contributed by atoms with Crippen molar-refractivity contribution in [2.75, 3.05) is 6.54 Å².